The normalized spacial score (nSPS) is 11.6. The summed E-state index contributed by atoms with van der Waals surface area (Å²) < 4.78 is 7.31. The molecule has 2 N–H and O–H groups in total. The quantitative estimate of drug-likeness (QED) is 0.551. The van der Waals surface area contributed by atoms with E-state index in [1.165, 1.54) is 5.56 Å². The second kappa shape index (κ2) is 10.5. The summed E-state index contributed by atoms with van der Waals surface area (Å²) in [6.07, 6.45) is 1.77. The van der Waals surface area contributed by atoms with E-state index in [2.05, 4.69) is 22.9 Å². The molecule has 0 saturated heterocycles. The van der Waals surface area contributed by atoms with Gasteiger partial charge in [0.1, 0.15) is 5.75 Å². The number of benzene rings is 2. The molecule has 0 aliphatic rings. The largest absolute Gasteiger partial charge is 0.484 e. The second-order valence-electron chi connectivity index (χ2n) is 7.70. The number of nitrogens with one attached hydrogen (secondary N) is 2. The molecule has 0 spiro atoms. The minimum absolute atomic E-state index is 0.0583. The number of amides is 2. The molecule has 0 aliphatic carbocycles. The van der Waals surface area contributed by atoms with E-state index in [9.17, 15) is 9.59 Å². The van der Waals surface area contributed by atoms with Crippen LogP contribution >= 0.6 is 0 Å². The van der Waals surface area contributed by atoms with Crippen LogP contribution in [0.25, 0.3) is 0 Å². The Kier molecular flexibility index (Phi) is 7.49. The fourth-order valence-corrected chi connectivity index (χ4v) is 3.28. The molecule has 2 aromatic carbocycles. The van der Waals surface area contributed by atoms with E-state index in [1.807, 2.05) is 51.1 Å². The first-order chi connectivity index (χ1) is 14.9. The third-order valence-electron chi connectivity index (χ3n) is 5.09. The Hall–Kier alpha value is -3.54. The van der Waals surface area contributed by atoms with Crippen molar-refractivity contribution < 1.29 is 14.3 Å². The number of rotatable bonds is 9. The van der Waals surface area contributed by atoms with Gasteiger partial charge in [0, 0.05) is 23.0 Å². The molecule has 1 atom stereocenters. The van der Waals surface area contributed by atoms with Crippen molar-refractivity contribution in [2.45, 2.75) is 39.7 Å². The highest BCUT2D eigenvalue weighted by Crippen LogP contribution is 2.13. The molecule has 2 amide bonds. The Morgan fingerprint density at radius 3 is 2.23 bits per heavy atom. The highest BCUT2D eigenvalue weighted by Gasteiger charge is 2.11. The SMILES string of the molecule is Cc1ccc(C)n1NC(=O)c1ccc(OCC(=O)N[C@@H](C)CCc2ccccc2)cc1. The number of hydrogen-bond acceptors (Lipinski definition) is 3. The summed E-state index contributed by atoms with van der Waals surface area (Å²) in [5.74, 6) is 0.164. The molecule has 0 saturated carbocycles. The number of aryl methyl sites for hydroxylation is 3. The van der Waals surface area contributed by atoms with Gasteiger partial charge in [0.2, 0.25) is 0 Å². The second-order valence-corrected chi connectivity index (χ2v) is 7.70. The lowest BCUT2D eigenvalue weighted by Gasteiger charge is -2.14. The average molecular weight is 420 g/mol. The van der Waals surface area contributed by atoms with E-state index in [4.69, 9.17) is 4.74 Å². The maximum absolute atomic E-state index is 12.4. The summed E-state index contributed by atoms with van der Waals surface area (Å²) >= 11 is 0. The molecule has 0 bridgehead atoms. The zero-order chi connectivity index (χ0) is 22.2. The number of carbonyl (C=O) groups excluding carboxylic acids is 2. The fraction of sp³-hybridized carbons (Fsp3) is 0.280. The topological polar surface area (TPSA) is 72.4 Å². The number of nitrogens with zero attached hydrogens (tertiary/aromatic N) is 1. The zero-order valence-electron chi connectivity index (χ0n) is 18.2. The highest BCUT2D eigenvalue weighted by atomic mass is 16.5. The minimum atomic E-state index is -0.209. The number of aromatic nitrogens is 1. The molecule has 1 heterocycles. The van der Waals surface area contributed by atoms with E-state index in [1.54, 1.807) is 28.9 Å². The Morgan fingerprint density at radius 2 is 1.58 bits per heavy atom. The van der Waals surface area contributed by atoms with Crippen molar-refractivity contribution in [2.24, 2.45) is 0 Å². The smallest absolute Gasteiger partial charge is 0.270 e. The lowest BCUT2D eigenvalue weighted by molar-refractivity contribution is -0.123. The van der Waals surface area contributed by atoms with Gasteiger partial charge in [-0.05, 0) is 75.6 Å². The summed E-state index contributed by atoms with van der Waals surface area (Å²) in [6.45, 7) is 5.78. The van der Waals surface area contributed by atoms with Gasteiger partial charge in [-0.15, -0.1) is 0 Å². The average Bonchev–Trinajstić information content (AvgIpc) is 3.09. The maximum atomic E-state index is 12.4. The first-order valence-corrected chi connectivity index (χ1v) is 10.4. The molecule has 31 heavy (non-hydrogen) atoms. The van der Waals surface area contributed by atoms with Crippen molar-refractivity contribution >= 4 is 11.8 Å². The van der Waals surface area contributed by atoms with Crippen molar-refractivity contribution in [3.63, 3.8) is 0 Å². The molecular weight excluding hydrogens is 390 g/mol. The van der Waals surface area contributed by atoms with Gasteiger partial charge in [0.05, 0.1) is 0 Å². The Balaban J connectivity index is 1.43. The van der Waals surface area contributed by atoms with Crippen LogP contribution in [0.1, 0.15) is 40.7 Å². The van der Waals surface area contributed by atoms with E-state index >= 15 is 0 Å². The molecule has 1 aromatic heterocycles. The summed E-state index contributed by atoms with van der Waals surface area (Å²) in [5, 5.41) is 2.95. The van der Waals surface area contributed by atoms with Crippen molar-refractivity contribution in [3.8, 4) is 5.75 Å². The van der Waals surface area contributed by atoms with Gasteiger partial charge in [-0.25, -0.2) is 0 Å². The molecule has 0 unspecified atom stereocenters. The van der Waals surface area contributed by atoms with Gasteiger partial charge in [-0.2, -0.15) is 0 Å². The number of ether oxygens (including phenoxy) is 1. The van der Waals surface area contributed by atoms with Gasteiger partial charge < -0.3 is 10.1 Å². The highest BCUT2D eigenvalue weighted by molar-refractivity contribution is 6.00. The monoisotopic (exact) mass is 419 g/mol. The van der Waals surface area contributed by atoms with Crippen LogP contribution < -0.4 is 15.5 Å². The van der Waals surface area contributed by atoms with Gasteiger partial charge in [-0.1, -0.05) is 30.3 Å². The third-order valence-corrected chi connectivity index (χ3v) is 5.09. The van der Waals surface area contributed by atoms with Gasteiger partial charge in [0.25, 0.3) is 11.8 Å². The first-order valence-electron chi connectivity index (χ1n) is 10.4. The molecule has 0 fully saturated rings. The lowest BCUT2D eigenvalue weighted by atomic mass is 10.1. The van der Waals surface area contributed by atoms with Crippen LogP contribution in [-0.2, 0) is 11.2 Å². The Morgan fingerprint density at radius 1 is 0.935 bits per heavy atom. The number of hydrogen-bond donors (Lipinski definition) is 2. The van der Waals surface area contributed by atoms with E-state index < -0.39 is 0 Å². The fourth-order valence-electron chi connectivity index (χ4n) is 3.28. The van der Waals surface area contributed by atoms with Crippen LogP contribution in [0.4, 0.5) is 0 Å². The Bertz CT molecular complexity index is 991. The lowest BCUT2D eigenvalue weighted by Crippen LogP contribution is -2.36. The van der Waals surface area contributed by atoms with Crippen LogP contribution in [0.15, 0.2) is 66.7 Å². The van der Waals surface area contributed by atoms with Crippen molar-refractivity contribution in [3.05, 3.63) is 89.2 Å². The van der Waals surface area contributed by atoms with Crippen LogP contribution in [0.3, 0.4) is 0 Å². The zero-order valence-corrected chi connectivity index (χ0v) is 18.2. The van der Waals surface area contributed by atoms with Crippen molar-refractivity contribution in [1.82, 2.24) is 9.99 Å². The van der Waals surface area contributed by atoms with Crippen LogP contribution in [0.2, 0.25) is 0 Å². The molecule has 0 radical (unpaired) electrons. The van der Waals surface area contributed by atoms with Gasteiger partial charge in [0.15, 0.2) is 6.61 Å². The van der Waals surface area contributed by atoms with E-state index in [0.717, 1.165) is 24.2 Å². The predicted octanol–water partition coefficient (Wildman–Crippen LogP) is 4.01. The summed E-state index contributed by atoms with van der Waals surface area (Å²) in [6, 6.07) is 20.9. The maximum Gasteiger partial charge on any atom is 0.270 e. The standard InChI is InChI=1S/C25H29N3O3/c1-18(9-12-21-7-5-4-6-8-21)26-24(29)17-31-23-15-13-22(14-16-23)25(30)27-28-19(2)10-11-20(28)3/h4-8,10-11,13-16,18H,9,12,17H2,1-3H3,(H,26,29)(H,27,30)/t18-/m0/s1. The van der Waals surface area contributed by atoms with Gasteiger partial charge >= 0.3 is 0 Å². The number of carbonyl (C=O) groups is 2. The van der Waals surface area contributed by atoms with E-state index in [-0.39, 0.29) is 24.5 Å². The Labute approximate surface area is 183 Å². The molecule has 0 aliphatic heterocycles. The first kappa shape index (κ1) is 22.2. The minimum Gasteiger partial charge on any atom is -0.484 e. The molecule has 3 rings (SSSR count). The summed E-state index contributed by atoms with van der Waals surface area (Å²) in [4.78, 5) is 24.6. The summed E-state index contributed by atoms with van der Waals surface area (Å²) in [5.41, 5.74) is 6.54. The molecule has 6 nitrogen and oxygen atoms in total. The molecule has 3 aromatic rings. The van der Waals surface area contributed by atoms with Crippen LogP contribution in [-0.4, -0.2) is 29.1 Å². The molecule has 162 valence electrons. The molecule has 6 heteroatoms. The van der Waals surface area contributed by atoms with Crippen molar-refractivity contribution in [2.75, 3.05) is 12.0 Å². The van der Waals surface area contributed by atoms with Crippen LogP contribution in [0, 0.1) is 13.8 Å². The molecular formula is C25H29N3O3. The predicted molar refractivity (Wildman–Crippen MR) is 122 cm³/mol. The van der Waals surface area contributed by atoms with Gasteiger partial charge in [-0.3, -0.25) is 19.7 Å². The third kappa shape index (κ3) is 6.47. The van der Waals surface area contributed by atoms with Crippen LogP contribution in [0.5, 0.6) is 5.75 Å². The summed E-state index contributed by atoms with van der Waals surface area (Å²) in [7, 11) is 0. The van der Waals surface area contributed by atoms with E-state index in [0.29, 0.717) is 11.3 Å². The van der Waals surface area contributed by atoms with Crippen molar-refractivity contribution in [1.29, 1.82) is 0 Å².